The summed E-state index contributed by atoms with van der Waals surface area (Å²) in [5.74, 6) is 0.782. The summed E-state index contributed by atoms with van der Waals surface area (Å²) in [5.41, 5.74) is 5.00. The Morgan fingerprint density at radius 3 is 2.65 bits per heavy atom. The second kappa shape index (κ2) is 11.4. The fourth-order valence-corrected chi connectivity index (χ4v) is 5.66. The minimum absolute atomic E-state index is 0.00869. The number of halogens is 2. The summed E-state index contributed by atoms with van der Waals surface area (Å²) in [6.07, 6.45) is 6.89. The van der Waals surface area contributed by atoms with Crippen molar-refractivity contribution < 1.29 is 23.4 Å². The number of imidazole rings is 1. The van der Waals surface area contributed by atoms with Crippen LogP contribution in [0.15, 0.2) is 61.1 Å². The first-order valence-electron chi connectivity index (χ1n) is 13.9. The zero-order valence-corrected chi connectivity index (χ0v) is 24.1. The van der Waals surface area contributed by atoms with E-state index in [-0.39, 0.29) is 24.7 Å². The first-order chi connectivity index (χ1) is 20.9. The molecule has 12 heteroatoms. The number of carbonyl (C=O) groups excluding carboxylic acids is 1. The molecule has 10 nitrogen and oxygen atoms in total. The van der Waals surface area contributed by atoms with E-state index in [0.29, 0.717) is 35.1 Å². The summed E-state index contributed by atoms with van der Waals surface area (Å²) < 4.78 is 34.6. The zero-order valence-electron chi connectivity index (χ0n) is 23.4. The lowest BCUT2D eigenvalue weighted by molar-refractivity contribution is -0.0592. The number of aromatic nitrogens is 5. The van der Waals surface area contributed by atoms with Gasteiger partial charge in [-0.2, -0.15) is 4.98 Å². The smallest absolute Gasteiger partial charge is 0.337 e. The zero-order chi connectivity index (χ0) is 29.5. The maximum Gasteiger partial charge on any atom is 0.337 e. The molecule has 0 radical (unpaired) electrons. The SMILES string of the molecule is COC(=O)c1ccc2nc(CN3Cc4cn(-c5ccnc(OCc6ccc(Cl)cc6F)n5)cc4C3)n(C[C@@H]3CCO3)c2c1. The van der Waals surface area contributed by atoms with Crippen molar-refractivity contribution in [2.45, 2.75) is 45.3 Å². The molecule has 0 bridgehead atoms. The molecular weight excluding hydrogens is 575 g/mol. The third kappa shape index (κ3) is 5.58. The molecule has 0 amide bonds. The number of rotatable bonds is 9. The summed E-state index contributed by atoms with van der Waals surface area (Å²) in [6, 6.07) is 11.9. The van der Waals surface area contributed by atoms with Gasteiger partial charge in [-0.25, -0.2) is 19.2 Å². The van der Waals surface area contributed by atoms with Crippen LogP contribution in [0.5, 0.6) is 6.01 Å². The summed E-state index contributed by atoms with van der Waals surface area (Å²) in [5, 5.41) is 0.329. The molecule has 2 aliphatic heterocycles. The van der Waals surface area contributed by atoms with Crippen molar-refractivity contribution in [3.8, 4) is 11.8 Å². The van der Waals surface area contributed by atoms with Crippen LogP contribution in [0.2, 0.25) is 5.02 Å². The van der Waals surface area contributed by atoms with Gasteiger partial charge in [0.05, 0.1) is 42.9 Å². The maximum atomic E-state index is 14.1. The molecule has 5 heterocycles. The molecule has 3 aromatic heterocycles. The van der Waals surface area contributed by atoms with Crippen molar-refractivity contribution in [1.29, 1.82) is 0 Å². The van der Waals surface area contributed by atoms with E-state index in [1.54, 1.807) is 30.5 Å². The molecule has 0 aliphatic carbocycles. The number of nitrogens with zero attached hydrogens (tertiary/aromatic N) is 6. The Morgan fingerprint density at radius 1 is 1.12 bits per heavy atom. The Hall–Kier alpha value is -4.32. The van der Waals surface area contributed by atoms with Crippen LogP contribution in [0.1, 0.15) is 39.3 Å². The van der Waals surface area contributed by atoms with Gasteiger partial charge in [0.1, 0.15) is 24.1 Å². The molecule has 5 aromatic rings. The van der Waals surface area contributed by atoms with E-state index in [1.807, 2.05) is 16.7 Å². The van der Waals surface area contributed by atoms with Crippen molar-refractivity contribution in [2.24, 2.45) is 0 Å². The van der Waals surface area contributed by atoms with Gasteiger partial charge in [-0.05, 0) is 47.9 Å². The van der Waals surface area contributed by atoms with Gasteiger partial charge < -0.3 is 23.3 Å². The molecule has 43 heavy (non-hydrogen) atoms. The molecule has 0 saturated carbocycles. The summed E-state index contributed by atoms with van der Waals surface area (Å²) >= 11 is 5.84. The molecule has 1 atom stereocenters. The number of carbonyl (C=O) groups is 1. The molecule has 7 rings (SSSR count). The fourth-order valence-electron chi connectivity index (χ4n) is 5.51. The van der Waals surface area contributed by atoms with E-state index >= 15 is 0 Å². The lowest BCUT2D eigenvalue weighted by atomic mass is 10.1. The lowest BCUT2D eigenvalue weighted by Crippen LogP contribution is -2.32. The van der Waals surface area contributed by atoms with Gasteiger partial charge in [-0.3, -0.25) is 4.90 Å². The van der Waals surface area contributed by atoms with Crippen LogP contribution in [0.4, 0.5) is 4.39 Å². The Morgan fingerprint density at radius 2 is 1.93 bits per heavy atom. The van der Waals surface area contributed by atoms with Gasteiger partial charge in [-0.15, -0.1) is 0 Å². The minimum Gasteiger partial charge on any atom is -0.465 e. The normalized spacial score (nSPS) is 16.3. The van der Waals surface area contributed by atoms with E-state index in [9.17, 15) is 9.18 Å². The highest BCUT2D eigenvalue weighted by Crippen LogP contribution is 2.29. The molecule has 0 spiro atoms. The first kappa shape index (κ1) is 27.5. The van der Waals surface area contributed by atoms with Crippen LogP contribution in [0, 0.1) is 5.82 Å². The molecule has 2 aromatic carbocycles. The topological polar surface area (TPSA) is 96.5 Å². The van der Waals surface area contributed by atoms with Gasteiger partial charge in [0.2, 0.25) is 0 Å². The number of hydrogen-bond donors (Lipinski definition) is 0. The van der Waals surface area contributed by atoms with Crippen LogP contribution in [0.25, 0.3) is 16.9 Å². The number of hydrogen-bond acceptors (Lipinski definition) is 8. The average Bonchev–Trinajstić information content (AvgIpc) is 3.65. The summed E-state index contributed by atoms with van der Waals surface area (Å²) in [7, 11) is 1.38. The number of ether oxygens (including phenoxy) is 3. The Kier molecular flexibility index (Phi) is 7.29. The highest BCUT2D eigenvalue weighted by Gasteiger charge is 2.26. The quantitative estimate of drug-likeness (QED) is 0.216. The van der Waals surface area contributed by atoms with Gasteiger partial charge in [0.15, 0.2) is 0 Å². The van der Waals surface area contributed by atoms with Crippen molar-refractivity contribution >= 4 is 28.6 Å². The molecule has 0 N–H and O–H groups in total. The fraction of sp³-hybridized carbons (Fsp3) is 0.290. The van der Waals surface area contributed by atoms with Crippen LogP contribution in [0.3, 0.4) is 0 Å². The van der Waals surface area contributed by atoms with Crippen molar-refractivity contribution in [3.05, 3.63) is 100.0 Å². The predicted molar refractivity (Wildman–Crippen MR) is 155 cm³/mol. The average molecular weight is 603 g/mol. The van der Waals surface area contributed by atoms with E-state index in [1.165, 1.54) is 24.3 Å². The van der Waals surface area contributed by atoms with E-state index in [4.69, 9.17) is 30.8 Å². The summed E-state index contributed by atoms with van der Waals surface area (Å²) in [6.45, 7) is 3.60. The maximum absolute atomic E-state index is 14.1. The van der Waals surface area contributed by atoms with Crippen molar-refractivity contribution in [1.82, 2.24) is 29.0 Å². The second-order valence-electron chi connectivity index (χ2n) is 10.7. The highest BCUT2D eigenvalue weighted by atomic mass is 35.5. The van der Waals surface area contributed by atoms with Gasteiger partial charge in [0, 0.05) is 54.9 Å². The first-order valence-corrected chi connectivity index (χ1v) is 14.3. The molecule has 220 valence electrons. The van der Waals surface area contributed by atoms with Crippen molar-refractivity contribution in [2.75, 3.05) is 13.7 Å². The standard InChI is InChI=1S/C31H28ClFN6O4/c1-41-30(40)19-3-5-26-27(10-19)39(16-24-7-9-42-24)29(35-26)17-37-12-21-14-38(15-22(21)13-37)28-6-8-34-31(36-28)43-18-20-2-4-23(32)11-25(20)33/h2-6,8,10-11,14-15,24H,7,9,12-13,16-18H2,1H3/t24-/m0/s1. The Bertz CT molecular complexity index is 1810. The predicted octanol–water partition coefficient (Wildman–Crippen LogP) is 5.08. The highest BCUT2D eigenvalue weighted by molar-refractivity contribution is 6.30. The van der Waals surface area contributed by atoms with Gasteiger partial charge >= 0.3 is 12.0 Å². The van der Waals surface area contributed by atoms with E-state index in [0.717, 1.165) is 43.0 Å². The molecule has 2 aliphatic rings. The number of fused-ring (bicyclic) bond motifs is 2. The molecular formula is C31H28ClFN6O4. The Labute approximate surface area is 251 Å². The third-order valence-corrected chi connectivity index (χ3v) is 8.07. The molecule has 1 fully saturated rings. The molecule has 0 unspecified atom stereocenters. The van der Waals surface area contributed by atoms with Crippen LogP contribution < -0.4 is 4.74 Å². The number of benzene rings is 2. The van der Waals surface area contributed by atoms with Crippen molar-refractivity contribution in [3.63, 3.8) is 0 Å². The van der Waals surface area contributed by atoms with Gasteiger partial charge in [0.25, 0.3) is 0 Å². The van der Waals surface area contributed by atoms with Crippen LogP contribution >= 0.6 is 11.6 Å². The van der Waals surface area contributed by atoms with E-state index < -0.39 is 5.82 Å². The minimum atomic E-state index is -0.437. The number of esters is 1. The Balaban J connectivity index is 1.06. The largest absolute Gasteiger partial charge is 0.465 e. The monoisotopic (exact) mass is 602 g/mol. The van der Waals surface area contributed by atoms with Gasteiger partial charge in [-0.1, -0.05) is 17.7 Å². The van der Waals surface area contributed by atoms with E-state index in [2.05, 4.69) is 31.8 Å². The number of methoxy groups -OCH3 is 1. The van der Waals surface area contributed by atoms with Crippen LogP contribution in [-0.2, 0) is 42.3 Å². The lowest BCUT2D eigenvalue weighted by Gasteiger charge is -2.28. The second-order valence-corrected chi connectivity index (χ2v) is 11.1. The third-order valence-electron chi connectivity index (χ3n) is 7.84. The summed E-state index contributed by atoms with van der Waals surface area (Å²) in [4.78, 5) is 28.1. The molecule has 1 saturated heterocycles. The van der Waals surface area contributed by atoms with Crippen LogP contribution in [-0.4, -0.2) is 54.8 Å².